The molecule has 0 bridgehead atoms. The molecule has 100 valence electrons. The Hall–Kier alpha value is -1.29. The fourth-order valence-corrected chi connectivity index (χ4v) is 2.56. The highest BCUT2D eigenvalue weighted by Crippen LogP contribution is 2.23. The number of aliphatic hydroxyl groups excluding tert-OH is 1. The highest BCUT2D eigenvalue weighted by Gasteiger charge is 2.24. The lowest BCUT2D eigenvalue weighted by Gasteiger charge is -2.27. The molecule has 1 amide bonds. The molecule has 1 aliphatic rings. The van der Waals surface area contributed by atoms with Gasteiger partial charge in [0.05, 0.1) is 17.9 Å². The summed E-state index contributed by atoms with van der Waals surface area (Å²) in [5.74, 6) is 0.815. The minimum absolute atomic E-state index is 0.0987. The van der Waals surface area contributed by atoms with Crippen LogP contribution in [-0.2, 0) is 6.42 Å². The Morgan fingerprint density at radius 2 is 2.28 bits per heavy atom. The van der Waals surface area contributed by atoms with Crippen LogP contribution in [0.2, 0.25) is 0 Å². The van der Waals surface area contributed by atoms with E-state index in [4.69, 9.17) is 4.42 Å². The van der Waals surface area contributed by atoms with Crippen LogP contribution in [0.15, 0.2) is 16.7 Å². The molecule has 0 radical (unpaired) electrons. The molecule has 0 spiro atoms. The van der Waals surface area contributed by atoms with E-state index in [0.29, 0.717) is 18.5 Å². The van der Waals surface area contributed by atoms with Crippen LogP contribution < -0.4 is 5.32 Å². The van der Waals surface area contributed by atoms with Gasteiger partial charge in [0.1, 0.15) is 5.76 Å². The predicted molar refractivity (Wildman–Crippen MR) is 68.4 cm³/mol. The van der Waals surface area contributed by atoms with Gasteiger partial charge in [-0.1, -0.05) is 19.8 Å². The molecule has 1 aromatic rings. The summed E-state index contributed by atoms with van der Waals surface area (Å²) in [4.78, 5) is 12.0. The molecule has 4 nitrogen and oxygen atoms in total. The topological polar surface area (TPSA) is 62.5 Å². The smallest absolute Gasteiger partial charge is 0.254 e. The van der Waals surface area contributed by atoms with Gasteiger partial charge in [-0.2, -0.15) is 0 Å². The van der Waals surface area contributed by atoms with Crippen LogP contribution in [0.25, 0.3) is 0 Å². The van der Waals surface area contributed by atoms with E-state index in [1.165, 1.54) is 0 Å². The van der Waals surface area contributed by atoms with E-state index < -0.39 is 0 Å². The van der Waals surface area contributed by atoms with Crippen molar-refractivity contribution in [2.24, 2.45) is 5.92 Å². The number of hydrogen-bond donors (Lipinski definition) is 2. The zero-order valence-electron chi connectivity index (χ0n) is 10.8. The Morgan fingerprint density at radius 3 is 3.00 bits per heavy atom. The van der Waals surface area contributed by atoms with Crippen molar-refractivity contribution in [3.63, 3.8) is 0 Å². The number of rotatable bonds is 4. The Bertz CT molecular complexity index is 399. The van der Waals surface area contributed by atoms with E-state index in [1.807, 2.05) is 6.92 Å². The highest BCUT2D eigenvalue weighted by molar-refractivity contribution is 5.95. The van der Waals surface area contributed by atoms with E-state index in [2.05, 4.69) is 5.32 Å². The van der Waals surface area contributed by atoms with Crippen molar-refractivity contribution >= 4 is 5.91 Å². The monoisotopic (exact) mass is 251 g/mol. The molecule has 0 saturated heterocycles. The number of carbonyl (C=O) groups excluding carboxylic acids is 1. The fourth-order valence-electron chi connectivity index (χ4n) is 2.56. The maximum atomic E-state index is 12.0. The number of hydrogen-bond acceptors (Lipinski definition) is 3. The molecular formula is C14H21NO3. The van der Waals surface area contributed by atoms with Crippen LogP contribution >= 0.6 is 0 Å². The maximum Gasteiger partial charge on any atom is 0.254 e. The number of furan rings is 1. The number of aliphatic hydroxyl groups is 1. The lowest BCUT2D eigenvalue weighted by Crippen LogP contribution is -2.36. The minimum Gasteiger partial charge on any atom is -0.469 e. The van der Waals surface area contributed by atoms with E-state index in [0.717, 1.165) is 31.4 Å². The Morgan fingerprint density at radius 1 is 1.50 bits per heavy atom. The van der Waals surface area contributed by atoms with Crippen LogP contribution in [0.4, 0.5) is 0 Å². The highest BCUT2D eigenvalue weighted by atomic mass is 16.3. The summed E-state index contributed by atoms with van der Waals surface area (Å²) >= 11 is 0. The van der Waals surface area contributed by atoms with Crippen LogP contribution in [0.5, 0.6) is 0 Å². The molecule has 1 fully saturated rings. The second-order valence-electron chi connectivity index (χ2n) is 4.93. The quantitative estimate of drug-likeness (QED) is 0.861. The van der Waals surface area contributed by atoms with Crippen molar-refractivity contribution in [1.29, 1.82) is 0 Å². The first kappa shape index (κ1) is 13.1. The van der Waals surface area contributed by atoms with Gasteiger partial charge < -0.3 is 14.8 Å². The molecule has 1 heterocycles. The molecular weight excluding hydrogens is 230 g/mol. The van der Waals surface area contributed by atoms with Gasteiger partial charge in [-0.25, -0.2) is 0 Å². The normalized spacial score (nSPS) is 23.9. The largest absolute Gasteiger partial charge is 0.469 e. The van der Waals surface area contributed by atoms with Gasteiger partial charge in [0.25, 0.3) is 5.91 Å². The lowest BCUT2D eigenvalue weighted by molar-refractivity contribution is 0.0662. The maximum absolute atomic E-state index is 12.0. The fraction of sp³-hybridized carbons (Fsp3) is 0.643. The SMILES string of the molecule is CCc1occc1C(=O)NCC1CCCCC1O. The summed E-state index contributed by atoms with van der Waals surface area (Å²) in [6.07, 6.45) is 6.07. The lowest BCUT2D eigenvalue weighted by atomic mass is 9.86. The van der Waals surface area contributed by atoms with E-state index in [1.54, 1.807) is 12.3 Å². The molecule has 1 saturated carbocycles. The zero-order valence-corrected chi connectivity index (χ0v) is 10.8. The summed E-state index contributed by atoms with van der Waals surface area (Å²) in [5.41, 5.74) is 0.614. The molecule has 2 unspecified atom stereocenters. The van der Waals surface area contributed by atoms with Gasteiger partial charge in [0.15, 0.2) is 0 Å². The first-order valence-corrected chi connectivity index (χ1v) is 6.75. The summed E-state index contributed by atoms with van der Waals surface area (Å²) in [7, 11) is 0. The number of carbonyl (C=O) groups is 1. The molecule has 1 aliphatic carbocycles. The minimum atomic E-state index is -0.269. The van der Waals surface area contributed by atoms with Gasteiger partial charge in [-0.3, -0.25) is 4.79 Å². The first-order chi connectivity index (χ1) is 8.72. The Kier molecular flexibility index (Phi) is 4.42. The van der Waals surface area contributed by atoms with E-state index >= 15 is 0 Å². The van der Waals surface area contributed by atoms with Gasteiger partial charge in [-0.15, -0.1) is 0 Å². The first-order valence-electron chi connectivity index (χ1n) is 6.75. The molecule has 2 N–H and O–H groups in total. The van der Waals surface area contributed by atoms with Gasteiger partial charge in [0, 0.05) is 18.9 Å². The Balaban J connectivity index is 1.88. The molecule has 0 aromatic carbocycles. The van der Waals surface area contributed by atoms with Crippen LogP contribution in [0, 0.1) is 5.92 Å². The molecule has 4 heteroatoms. The average Bonchev–Trinajstić information content (AvgIpc) is 2.86. The predicted octanol–water partition coefficient (Wildman–Crippen LogP) is 2.12. The summed E-state index contributed by atoms with van der Waals surface area (Å²) in [5, 5.41) is 12.7. The Labute approximate surface area is 107 Å². The molecule has 0 aliphatic heterocycles. The third-order valence-corrected chi connectivity index (χ3v) is 3.70. The summed E-state index contributed by atoms with van der Waals surface area (Å²) in [6.45, 7) is 2.51. The van der Waals surface area contributed by atoms with Crippen molar-refractivity contribution in [1.82, 2.24) is 5.32 Å². The second-order valence-corrected chi connectivity index (χ2v) is 4.93. The summed E-state index contributed by atoms with van der Waals surface area (Å²) in [6, 6.07) is 1.70. The average molecular weight is 251 g/mol. The molecule has 2 rings (SSSR count). The van der Waals surface area contributed by atoms with E-state index in [9.17, 15) is 9.90 Å². The van der Waals surface area contributed by atoms with Gasteiger partial charge in [0.2, 0.25) is 0 Å². The zero-order chi connectivity index (χ0) is 13.0. The molecule has 18 heavy (non-hydrogen) atoms. The van der Waals surface area contributed by atoms with Crippen molar-refractivity contribution in [2.75, 3.05) is 6.54 Å². The third kappa shape index (κ3) is 2.93. The number of amides is 1. The van der Waals surface area contributed by atoms with Crippen molar-refractivity contribution in [3.8, 4) is 0 Å². The molecule has 1 aromatic heterocycles. The summed E-state index contributed by atoms with van der Waals surface area (Å²) < 4.78 is 5.24. The van der Waals surface area contributed by atoms with E-state index in [-0.39, 0.29) is 17.9 Å². The molecule has 2 atom stereocenters. The number of aryl methyl sites for hydroxylation is 1. The van der Waals surface area contributed by atoms with Crippen LogP contribution in [0.3, 0.4) is 0 Å². The third-order valence-electron chi connectivity index (χ3n) is 3.70. The van der Waals surface area contributed by atoms with Gasteiger partial charge in [-0.05, 0) is 18.9 Å². The van der Waals surface area contributed by atoms with Gasteiger partial charge >= 0.3 is 0 Å². The van der Waals surface area contributed by atoms with Crippen LogP contribution in [0.1, 0.15) is 48.7 Å². The van der Waals surface area contributed by atoms with Crippen molar-refractivity contribution < 1.29 is 14.3 Å². The standard InChI is InChI=1S/C14H21NO3/c1-2-13-11(7-8-18-13)14(17)15-9-10-5-3-4-6-12(10)16/h7-8,10,12,16H,2-6,9H2,1H3,(H,15,17). The second kappa shape index (κ2) is 6.05. The number of nitrogens with one attached hydrogen (secondary N) is 1. The van der Waals surface area contributed by atoms with Crippen LogP contribution in [-0.4, -0.2) is 23.7 Å². The van der Waals surface area contributed by atoms with Crippen molar-refractivity contribution in [2.45, 2.75) is 45.1 Å². The van der Waals surface area contributed by atoms with Crippen molar-refractivity contribution in [3.05, 3.63) is 23.7 Å².